The summed E-state index contributed by atoms with van der Waals surface area (Å²) in [7, 11) is 0. The number of phenols is 1. The summed E-state index contributed by atoms with van der Waals surface area (Å²) in [6, 6.07) is 3.20. The van der Waals surface area contributed by atoms with Crippen LogP contribution in [0.4, 0.5) is 5.69 Å². The fraction of sp³-hybridized carbons (Fsp3) is 0.375. The van der Waals surface area contributed by atoms with E-state index in [-0.39, 0.29) is 23.8 Å². The Morgan fingerprint density at radius 1 is 1.40 bits per heavy atom. The van der Waals surface area contributed by atoms with Crippen LogP contribution < -0.4 is 10.2 Å². The number of hydrogen-bond acceptors (Lipinski definition) is 6. The van der Waals surface area contributed by atoms with Gasteiger partial charge in [-0.2, -0.15) is 0 Å². The van der Waals surface area contributed by atoms with Crippen molar-refractivity contribution in [3.05, 3.63) is 23.8 Å². The number of aliphatic carboxylic acids is 1. The second kappa shape index (κ2) is 7.56. The molecule has 1 aliphatic rings. The molecule has 9 heteroatoms. The highest BCUT2D eigenvalue weighted by molar-refractivity contribution is 8.00. The maximum atomic E-state index is 12.5. The summed E-state index contributed by atoms with van der Waals surface area (Å²) in [4.78, 5) is 48.0. The van der Waals surface area contributed by atoms with Crippen molar-refractivity contribution in [2.24, 2.45) is 0 Å². The summed E-state index contributed by atoms with van der Waals surface area (Å²) in [5, 5.41) is 20.1. The summed E-state index contributed by atoms with van der Waals surface area (Å²) in [6.45, 7) is 2.88. The Bertz CT molecular complexity index is 735. The van der Waals surface area contributed by atoms with Gasteiger partial charge in [0.15, 0.2) is 0 Å². The number of hydrogen-bond donors (Lipinski definition) is 3. The Morgan fingerprint density at radius 2 is 2.08 bits per heavy atom. The fourth-order valence-electron chi connectivity index (χ4n) is 2.51. The number of carbonyl (C=O) groups excluding carboxylic acids is 3. The Morgan fingerprint density at radius 3 is 2.64 bits per heavy atom. The molecule has 1 aliphatic heterocycles. The van der Waals surface area contributed by atoms with E-state index in [0.29, 0.717) is 11.3 Å². The van der Waals surface area contributed by atoms with E-state index in [9.17, 15) is 24.3 Å². The van der Waals surface area contributed by atoms with Crippen molar-refractivity contribution in [2.45, 2.75) is 31.6 Å². The normalized spacial score (nSPS) is 18.3. The van der Waals surface area contributed by atoms with Crippen LogP contribution in [-0.2, 0) is 19.2 Å². The summed E-state index contributed by atoms with van der Waals surface area (Å²) >= 11 is 1.02. The SMILES string of the molecule is CC(=O)NC(CSC1CC(=O)N(c2ccc(O)cc2C)C1=O)C(=O)O. The molecule has 134 valence electrons. The molecular weight excluding hydrogens is 348 g/mol. The van der Waals surface area contributed by atoms with Crippen molar-refractivity contribution in [3.63, 3.8) is 0 Å². The molecule has 1 aromatic rings. The first-order valence-corrected chi connectivity index (χ1v) is 8.53. The molecule has 3 amide bonds. The third kappa shape index (κ3) is 4.30. The van der Waals surface area contributed by atoms with Gasteiger partial charge in [-0.05, 0) is 30.7 Å². The number of aromatic hydroxyl groups is 1. The van der Waals surface area contributed by atoms with Gasteiger partial charge in [-0.15, -0.1) is 11.8 Å². The lowest BCUT2D eigenvalue weighted by Gasteiger charge is -2.18. The molecule has 8 nitrogen and oxygen atoms in total. The third-order valence-corrected chi connectivity index (χ3v) is 4.96. The van der Waals surface area contributed by atoms with E-state index in [2.05, 4.69) is 5.32 Å². The molecular formula is C16H18N2O6S. The molecule has 2 unspecified atom stereocenters. The van der Waals surface area contributed by atoms with Gasteiger partial charge in [0.05, 0.1) is 10.9 Å². The van der Waals surface area contributed by atoms with Gasteiger partial charge in [0, 0.05) is 19.1 Å². The minimum atomic E-state index is -1.20. The van der Waals surface area contributed by atoms with E-state index < -0.39 is 29.1 Å². The van der Waals surface area contributed by atoms with Crippen LogP contribution in [0.2, 0.25) is 0 Å². The maximum absolute atomic E-state index is 12.5. The summed E-state index contributed by atoms with van der Waals surface area (Å²) in [6.07, 6.45) is -0.0454. The van der Waals surface area contributed by atoms with Crippen molar-refractivity contribution in [3.8, 4) is 5.75 Å². The first-order valence-electron chi connectivity index (χ1n) is 7.48. The first-order chi connectivity index (χ1) is 11.7. The monoisotopic (exact) mass is 366 g/mol. The average molecular weight is 366 g/mol. The largest absolute Gasteiger partial charge is 0.508 e. The lowest BCUT2D eigenvalue weighted by molar-refractivity contribution is -0.140. The van der Waals surface area contributed by atoms with Gasteiger partial charge < -0.3 is 15.5 Å². The molecule has 3 N–H and O–H groups in total. The number of thioether (sulfide) groups is 1. The molecule has 0 bridgehead atoms. The van der Waals surface area contributed by atoms with E-state index >= 15 is 0 Å². The van der Waals surface area contributed by atoms with Gasteiger partial charge in [0.25, 0.3) is 0 Å². The number of carboxylic acids is 1. The van der Waals surface area contributed by atoms with Crippen molar-refractivity contribution < 1.29 is 29.4 Å². The molecule has 1 fully saturated rings. The molecule has 0 aliphatic carbocycles. The average Bonchev–Trinajstić information content (AvgIpc) is 2.78. The lowest BCUT2D eigenvalue weighted by Crippen LogP contribution is -2.42. The van der Waals surface area contributed by atoms with Crippen molar-refractivity contribution >= 4 is 41.1 Å². The van der Waals surface area contributed by atoms with Crippen molar-refractivity contribution in [2.75, 3.05) is 10.7 Å². The fourth-order valence-corrected chi connectivity index (χ4v) is 3.67. The molecule has 0 aromatic heterocycles. The Balaban J connectivity index is 2.10. The number of aryl methyl sites for hydroxylation is 1. The predicted octanol–water partition coefficient (Wildman–Crippen LogP) is 0.655. The van der Waals surface area contributed by atoms with Gasteiger partial charge in [-0.1, -0.05) is 0 Å². The number of carbonyl (C=O) groups is 4. The van der Waals surface area contributed by atoms with Crippen molar-refractivity contribution in [1.29, 1.82) is 0 Å². The number of carboxylic acid groups (broad SMARTS) is 1. The summed E-state index contributed by atoms with van der Waals surface area (Å²) in [5.41, 5.74) is 0.974. The van der Waals surface area contributed by atoms with Gasteiger partial charge >= 0.3 is 5.97 Å². The molecule has 1 heterocycles. The first kappa shape index (κ1) is 18.8. The Kier molecular flexibility index (Phi) is 5.68. The lowest BCUT2D eigenvalue weighted by atomic mass is 10.1. The number of phenolic OH excluding ortho intramolecular Hbond substituents is 1. The second-order valence-electron chi connectivity index (χ2n) is 5.66. The minimum absolute atomic E-state index is 0.0268. The molecule has 2 rings (SSSR count). The number of amides is 3. The molecule has 0 saturated carbocycles. The van der Waals surface area contributed by atoms with E-state index in [4.69, 9.17) is 5.11 Å². The number of nitrogens with zero attached hydrogens (tertiary/aromatic N) is 1. The van der Waals surface area contributed by atoms with E-state index in [1.807, 2.05) is 0 Å². The molecule has 0 radical (unpaired) electrons. The highest BCUT2D eigenvalue weighted by Gasteiger charge is 2.41. The van der Waals surface area contributed by atoms with Gasteiger partial charge in [-0.3, -0.25) is 14.4 Å². The van der Waals surface area contributed by atoms with Crippen LogP contribution in [-0.4, -0.2) is 50.9 Å². The van der Waals surface area contributed by atoms with Crippen LogP contribution in [0, 0.1) is 6.92 Å². The topological polar surface area (TPSA) is 124 Å². The zero-order valence-electron chi connectivity index (χ0n) is 13.7. The number of rotatable bonds is 6. The zero-order chi connectivity index (χ0) is 18.7. The quantitative estimate of drug-likeness (QED) is 0.632. The van der Waals surface area contributed by atoms with Crippen LogP contribution in [0.1, 0.15) is 18.9 Å². The number of imide groups is 1. The standard InChI is InChI=1S/C16H18N2O6S/c1-8-5-10(20)3-4-12(8)18-14(21)6-13(15(18)22)25-7-11(16(23)24)17-9(2)19/h3-5,11,13,20H,6-7H2,1-2H3,(H,17,19)(H,23,24). The minimum Gasteiger partial charge on any atom is -0.508 e. The van der Waals surface area contributed by atoms with E-state index in [1.165, 1.54) is 25.1 Å². The Labute approximate surface area is 148 Å². The molecule has 1 aromatic carbocycles. The predicted molar refractivity (Wildman–Crippen MR) is 91.4 cm³/mol. The summed E-state index contributed by atoms with van der Waals surface area (Å²) in [5.74, 6) is -2.50. The van der Waals surface area contributed by atoms with E-state index in [1.54, 1.807) is 6.92 Å². The third-order valence-electron chi connectivity index (χ3n) is 3.67. The number of benzene rings is 1. The van der Waals surface area contributed by atoms with Crippen LogP contribution in [0.15, 0.2) is 18.2 Å². The number of anilines is 1. The highest BCUT2D eigenvalue weighted by atomic mass is 32.2. The highest BCUT2D eigenvalue weighted by Crippen LogP contribution is 2.33. The smallest absolute Gasteiger partial charge is 0.327 e. The van der Waals surface area contributed by atoms with Crippen LogP contribution in [0.25, 0.3) is 0 Å². The van der Waals surface area contributed by atoms with E-state index in [0.717, 1.165) is 16.7 Å². The molecule has 2 atom stereocenters. The molecule has 25 heavy (non-hydrogen) atoms. The zero-order valence-corrected chi connectivity index (χ0v) is 14.5. The summed E-state index contributed by atoms with van der Waals surface area (Å²) < 4.78 is 0. The van der Waals surface area contributed by atoms with Crippen LogP contribution in [0.3, 0.4) is 0 Å². The Hall–Kier alpha value is -2.55. The molecule has 0 spiro atoms. The molecule has 1 saturated heterocycles. The van der Waals surface area contributed by atoms with Crippen LogP contribution in [0.5, 0.6) is 5.75 Å². The van der Waals surface area contributed by atoms with Gasteiger partial charge in [-0.25, -0.2) is 9.69 Å². The second-order valence-corrected chi connectivity index (χ2v) is 6.89. The maximum Gasteiger partial charge on any atom is 0.327 e. The van der Waals surface area contributed by atoms with Gasteiger partial charge in [0.2, 0.25) is 17.7 Å². The number of nitrogens with one attached hydrogen (secondary N) is 1. The van der Waals surface area contributed by atoms with Crippen molar-refractivity contribution in [1.82, 2.24) is 5.32 Å². The van der Waals surface area contributed by atoms with Gasteiger partial charge in [0.1, 0.15) is 11.8 Å². The van der Waals surface area contributed by atoms with Crippen LogP contribution >= 0.6 is 11.8 Å².